The minimum atomic E-state index is -0.390. The van der Waals surface area contributed by atoms with Crippen LogP contribution in [0, 0.1) is 27.7 Å². The Hall–Kier alpha value is -2.80. The summed E-state index contributed by atoms with van der Waals surface area (Å²) in [5.74, 6) is -0.548. The molecular weight excluding hydrogens is 410 g/mol. The van der Waals surface area contributed by atoms with Gasteiger partial charge in [0.15, 0.2) is 0 Å². The number of benzene rings is 1. The number of rotatable bonds is 4. The molecule has 0 bridgehead atoms. The smallest absolute Gasteiger partial charge is 0.294 e. The third-order valence-electron chi connectivity index (χ3n) is 5.98. The molecule has 0 aliphatic carbocycles. The van der Waals surface area contributed by atoms with Crippen LogP contribution in [0.25, 0.3) is 11.8 Å². The van der Waals surface area contributed by atoms with Gasteiger partial charge in [-0.1, -0.05) is 17.7 Å². The number of imide groups is 1. The van der Waals surface area contributed by atoms with Crippen molar-refractivity contribution in [3.8, 4) is 5.69 Å². The van der Waals surface area contributed by atoms with Gasteiger partial charge >= 0.3 is 0 Å². The van der Waals surface area contributed by atoms with Gasteiger partial charge < -0.3 is 9.47 Å². The summed E-state index contributed by atoms with van der Waals surface area (Å²) in [5, 5.41) is -0.382. The van der Waals surface area contributed by atoms with Gasteiger partial charge in [0.1, 0.15) is 6.54 Å². The highest BCUT2D eigenvalue weighted by Gasteiger charge is 2.37. The number of thioether (sulfide) groups is 1. The Labute approximate surface area is 186 Å². The van der Waals surface area contributed by atoms with Gasteiger partial charge in [-0.15, -0.1) is 0 Å². The number of carbonyl (C=O) groups excluding carboxylic acids is 3. The minimum Gasteiger partial charge on any atom is -0.341 e. The number of aryl methyl sites for hydroxylation is 3. The Bertz CT molecular complexity index is 1110. The first kappa shape index (κ1) is 21.4. The molecule has 2 aromatic rings. The topological polar surface area (TPSA) is 62.6 Å². The molecule has 4 rings (SSSR count). The van der Waals surface area contributed by atoms with Crippen LogP contribution < -0.4 is 0 Å². The molecule has 0 radical (unpaired) electrons. The third kappa shape index (κ3) is 4.06. The van der Waals surface area contributed by atoms with Crippen LogP contribution in [-0.4, -0.2) is 51.1 Å². The van der Waals surface area contributed by atoms with Crippen LogP contribution in [0.4, 0.5) is 4.79 Å². The monoisotopic (exact) mass is 437 g/mol. The summed E-state index contributed by atoms with van der Waals surface area (Å²) >= 11 is 0.904. The molecule has 7 heteroatoms. The van der Waals surface area contributed by atoms with E-state index in [2.05, 4.69) is 36.6 Å². The molecule has 31 heavy (non-hydrogen) atoms. The number of hydrogen-bond acceptors (Lipinski definition) is 4. The van der Waals surface area contributed by atoms with Gasteiger partial charge in [0, 0.05) is 30.2 Å². The fourth-order valence-electron chi connectivity index (χ4n) is 4.34. The van der Waals surface area contributed by atoms with Crippen molar-refractivity contribution in [2.45, 2.75) is 40.5 Å². The second-order valence-corrected chi connectivity index (χ2v) is 9.30. The standard InChI is InChI=1S/C24H27N3O3S/c1-15-7-8-20(16(2)11-15)27-17(3)12-19(18(27)4)13-21-23(29)26(24(30)31-21)14-22(28)25-9-5-6-10-25/h7-8,11-13H,5-6,9-10,14H2,1-4H3/b21-13+. The molecule has 0 saturated carbocycles. The Balaban J connectivity index is 1.60. The van der Waals surface area contributed by atoms with Crippen molar-refractivity contribution in [2.24, 2.45) is 0 Å². The molecule has 0 unspecified atom stereocenters. The van der Waals surface area contributed by atoms with Crippen LogP contribution in [0.5, 0.6) is 0 Å². The fraction of sp³-hybridized carbons (Fsp3) is 0.375. The van der Waals surface area contributed by atoms with Crippen molar-refractivity contribution in [1.29, 1.82) is 0 Å². The molecule has 162 valence electrons. The normalized spacial score (nSPS) is 18.0. The molecule has 1 aromatic heterocycles. The van der Waals surface area contributed by atoms with Gasteiger partial charge in [0.2, 0.25) is 5.91 Å². The highest BCUT2D eigenvalue weighted by molar-refractivity contribution is 8.18. The molecule has 3 heterocycles. The molecule has 0 spiro atoms. The summed E-state index contributed by atoms with van der Waals surface area (Å²) in [5.41, 5.74) is 6.44. The zero-order valence-electron chi connectivity index (χ0n) is 18.4. The molecule has 2 aliphatic rings. The molecule has 1 aromatic carbocycles. The van der Waals surface area contributed by atoms with Crippen LogP contribution in [0.2, 0.25) is 0 Å². The maximum Gasteiger partial charge on any atom is 0.294 e. The van der Waals surface area contributed by atoms with Crippen LogP contribution in [0.15, 0.2) is 29.2 Å². The Morgan fingerprint density at radius 1 is 1.06 bits per heavy atom. The largest absolute Gasteiger partial charge is 0.341 e. The van der Waals surface area contributed by atoms with Crippen LogP contribution in [0.3, 0.4) is 0 Å². The quantitative estimate of drug-likeness (QED) is 0.667. The lowest BCUT2D eigenvalue weighted by molar-refractivity contribution is -0.135. The summed E-state index contributed by atoms with van der Waals surface area (Å²) in [7, 11) is 0. The van der Waals surface area contributed by atoms with Gasteiger partial charge in [-0.25, -0.2) is 0 Å². The summed E-state index contributed by atoms with van der Waals surface area (Å²) < 4.78 is 2.17. The van der Waals surface area contributed by atoms with Gasteiger partial charge in [0.25, 0.3) is 11.1 Å². The van der Waals surface area contributed by atoms with E-state index in [0.29, 0.717) is 18.0 Å². The molecule has 2 saturated heterocycles. The van der Waals surface area contributed by atoms with Crippen molar-refractivity contribution in [2.75, 3.05) is 19.6 Å². The number of amides is 3. The lowest BCUT2D eigenvalue weighted by Crippen LogP contribution is -2.40. The van der Waals surface area contributed by atoms with Crippen molar-refractivity contribution in [1.82, 2.24) is 14.4 Å². The summed E-state index contributed by atoms with van der Waals surface area (Å²) in [6, 6.07) is 8.37. The van der Waals surface area contributed by atoms with E-state index in [0.717, 1.165) is 52.1 Å². The summed E-state index contributed by atoms with van der Waals surface area (Å²) in [6.07, 6.45) is 3.72. The number of aromatic nitrogens is 1. The first-order valence-corrected chi connectivity index (χ1v) is 11.4. The first-order valence-electron chi connectivity index (χ1n) is 10.6. The molecule has 2 fully saturated rings. The van der Waals surface area contributed by atoms with E-state index in [-0.39, 0.29) is 23.6 Å². The maximum absolute atomic E-state index is 12.9. The predicted octanol–water partition coefficient (Wildman–Crippen LogP) is 4.37. The molecule has 2 aliphatic heterocycles. The van der Waals surface area contributed by atoms with E-state index in [1.165, 1.54) is 11.1 Å². The molecule has 6 nitrogen and oxygen atoms in total. The van der Waals surface area contributed by atoms with Crippen LogP contribution >= 0.6 is 11.8 Å². The van der Waals surface area contributed by atoms with E-state index in [9.17, 15) is 14.4 Å². The first-order chi connectivity index (χ1) is 14.8. The van der Waals surface area contributed by atoms with Crippen molar-refractivity contribution in [3.05, 3.63) is 57.2 Å². The molecule has 3 amide bonds. The predicted molar refractivity (Wildman–Crippen MR) is 123 cm³/mol. The van der Waals surface area contributed by atoms with E-state index in [1.54, 1.807) is 11.0 Å². The molecule has 0 atom stereocenters. The number of hydrogen-bond donors (Lipinski definition) is 0. The summed E-state index contributed by atoms with van der Waals surface area (Å²) in [6.45, 7) is 9.43. The van der Waals surface area contributed by atoms with Gasteiger partial charge in [0.05, 0.1) is 4.91 Å². The van der Waals surface area contributed by atoms with Crippen molar-refractivity contribution >= 4 is 34.9 Å². The maximum atomic E-state index is 12.9. The van der Waals surface area contributed by atoms with Crippen molar-refractivity contribution < 1.29 is 14.4 Å². The van der Waals surface area contributed by atoms with Gasteiger partial charge in [-0.05, 0) is 81.6 Å². The van der Waals surface area contributed by atoms with E-state index in [4.69, 9.17) is 0 Å². The third-order valence-corrected chi connectivity index (χ3v) is 6.88. The highest BCUT2D eigenvalue weighted by atomic mass is 32.2. The van der Waals surface area contributed by atoms with E-state index in [1.807, 2.05) is 19.9 Å². The van der Waals surface area contributed by atoms with Gasteiger partial charge in [-0.2, -0.15) is 0 Å². The lowest BCUT2D eigenvalue weighted by Gasteiger charge is -2.18. The van der Waals surface area contributed by atoms with E-state index < -0.39 is 0 Å². The molecule has 0 N–H and O–H groups in total. The number of nitrogens with zero attached hydrogens (tertiary/aromatic N) is 3. The summed E-state index contributed by atoms with van der Waals surface area (Å²) in [4.78, 5) is 40.9. The molecular formula is C24H27N3O3S. The van der Waals surface area contributed by atoms with Crippen LogP contribution in [0.1, 0.15) is 40.9 Å². The minimum absolute atomic E-state index is 0.158. The van der Waals surface area contributed by atoms with Gasteiger partial charge in [-0.3, -0.25) is 19.3 Å². The average Bonchev–Trinajstić information content (AvgIpc) is 3.40. The fourth-order valence-corrected chi connectivity index (χ4v) is 5.17. The second kappa shape index (κ2) is 8.38. The second-order valence-electron chi connectivity index (χ2n) is 8.31. The number of carbonyl (C=O) groups is 3. The Morgan fingerprint density at radius 3 is 2.45 bits per heavy atom. The SMILES string of the molecule is Cc1ccc(-n2c(C)cc(/C=C3/SC(=O)N(CC(=O)N4CCCC4)C3=O)c2C)c(C)c1. The zero-order valence-corrected chi connectivity index (χ0v) is 19.2. The lowest BCUT2D eigenvalue weighted by atomic mass is 10.1. The average molecular weight is 438 g/mol. The Morgan fingerprint density at radius 2 is 1.77 bits per heavy atom. The van der Waals surface area contributed by atoms with Crippen molar-refractivity contribution in [3.63, 3.8) is 0 Å². The van der Waals surface area contributed by atoms with E-state index >= 15 is 0 Å². The highest BCUT2D eigenvalue weighted by Crippen LogP contribution is 2.34. The zero-order chi connectivity index (χ0) is 22.3. The number of likely N-dealkylation sites (tertiary alicyclic amines) is 1. The Kier molecular flexibility index (Phi) is 5.79. The van der Waals surface area contributed by atoms with Crippen LogP contribution in [-0.2, 0) is 9.59 Å².